The molecule has 0 aliphatic carbocycles. The van der Waals surface area contributed by atoms with Crippen molar-refractivity contribution in [1.29, 1.82) is 0 Å². The van der Waals surface area contributed by atoms with Crippen LogP contribution in [0.2, 0.25) is 0 Å². The van der Waals surface area contributed by atoms with Gasteiger partial charge in [-0.3, -0.25) is 19.8 Å². The highest BCUT2D eigenvalue weighted by Crippen LogP contribution is 2.36. The van der Waals surface area contributed by atoms with E-state index < -0.39 is 4.92 Å². The summed E-state index contributed by atoms with van der Waals surface area (Å²) in [4.78, 5) is 25.1. The Kier molecular flexibility index (Phi) is 5.04. The van der Waals surface area contributed by atoms with Crippen molar-refractivity contribution in [3.63, 3.8) is 0 Å². The number of thiocarbonyl (C=S) groups is 1. The summed E-state index contributed by atoms with van der Waals surface area (Å²) in [5.74, 6) is 0.861. The SMILES string of the molecule is Cc1ccc(N2C(=O)/C(=C/c3ccc(-c4ccc([N+](=O)[O-])cc4)o3)SC2=S)cc1. The highest BCUT2D eigenvalue weighted by atomic mass is 32.2. The fourth-order valence-corrected chi connectivity index (χ4v) is 4.13. The van der Waals surface area contributed by atoms with E-state index in [2.05, 4.69) is 0 Å². The average Bonchev–Trinajstić information content (AvgIpc) is 3.28. The first kappa shape index (κ1) is 19.1. The van der Waals surface area contributed by atoms with Crippen molar-refractivity contribution in [2.24, 2.45) is 0 Å². The first-order valence-corrected chi connectivity index (χ1v) is 9.84. The number of anilines is 1. The minimum absolute atomic E-state index is 0.0142. The van der Waals surface area contributed by atoms with Gasteiger partial charge in [-0.2, -0.15) is 0 Å². The van der Waals surface area contributed by atoms with Gasteiger partial charge in [0.2, 0.25) is 0 Å². The number of nitrogens with zero attached hydrogens (tertiary/aromatic N) is 2. The first-order valence-electron chi connectivity index (χ1n) is 8.62. The summed E-state index contributed by atoms with van der Waals surface area (Å²) in [7, 11) is 0. The predicted molar refractivity (Wildman–Crippen MR) is 118 cm³/mol. The highest BCUT2D eigenvalue weighted by molar-refractivity contribution is 8.27. The number of amides is 1. The van der Waals surface area contributed by atoms with Crippen molar-refractivity contribution in [2.75, 3.05) is 4.90 Å². The Bertz CT molecular complexity index is 1150. The molecular weight excluding hydrogens is 408 g/mol. The van der Waals surface area contributed by atoms with Gasteiger partial charge in [0.05, 0.1) is 15.5 Å². The number of benzene rings is 2. The van der Waals surface area contributed by atoms with Crippen LogP contribution < -0.4 is 4.90 Å². The summed E-state index contributed by atoms with van der Waals surface area (Å²) < 4.78 is 6.26. The summed E-state index contributed by atoms with van der Waals surface area (Å²) in [5, 5.41) is 10.8. The minimum Gasteiger partial charge on any atom is -0.457 e. The van der Waals surface area contributed by atoms with Crippen LogP contribution in [0, 0.1) is 17.0 Å². The van der Waals surface area contributed by atoms with Crippen molar-refractivity contribution in [3.8, 4) is 11.3 Å². The van der Waals surface area contributed by atoms with Crippen LogP contribution in [0.15, 0.2) is 70.0 Å². The lowest BCUT2D eigenvalue weighted by molar-refractivity contribution is -0.384. The maximum atomic E-state index is 12.8. The number of furan rings is 1. The summed E-state index contributed by atoms with van der Waals surface area (Å²) in [6.45, 7) is 1.98. The largest absolute Gasteiger partial charge is 0.457 e. The van der Waals surface area contributed by atoms with E-state index in [1.165, 1.54) is 28.8 Å². The Morgan fingerprint density at radius 1 is 1.07 bits per heavy atom. The molecule has 2 aromatic carbocycles. The molecule has 4 rings (SSSR count). The number of carbonyl (C=O) groups excluding carboxylic acids is 1. The molecule has 8 heteroatoms. The zero-order valence-corrected chi connectivity index (χ0v) is 16.8. The molecule has 0 bridgehead atoms. The number of nitro benzene ring substituents is 1. The number of thioether (sulfide) groups is 1. The van der Waals surface area contributed by atoms with Gasteiger partial charge in [0, 0.05) is 23.8 Å². The summed E-state index contributed by atoms with van der Waals surface area (Å²) in [6, 6.07) is 17.2. The second kappa shape index (κ2) is 7.65. The molecule has 3 aromatic rings. The van der Waals surface area contributed by atoms with Crippen LogP contribution >= 0.6 is 24.0 Å². The number of carbonyl (C=O) groups is 1. The molecule has 29 heavy (non-hydrogen) atoms. The van der Waals surface area contributed by atoms with Crippen LogP contribution in [-0.2, 0) is 4.79 Å². The van der Waals surface area contributed by atoms with Crippen LogP contribution in [0.1, 0.15) is 11.3 Å². The van der Waals surface area contributed by atoms with Crippen LogP contribution in [0.4, 0.5) is 11.4 Å². The Balaban J connectivity index is 1.57. The molecule has 1 amide bonds. The van der Waals surface area contributed by atoms with Gasteiger partial charge in [0.15, 0.2) is 4.32 Å². The third-order valence-electron chi connectivity index (χ3n) is 4.35. The summed E-state index contributed by atoms with van der Waals surface area (Å²) >= 11 is 6.60. The van der Waals surface area contributed by atoms with E-state index in [-0.39, 0.29) is 11.6 Å². The summed E-state index contributed by atoms with van der Waals surface area (Å²) in [6.07, 6.45) is 1.66. The smallest absolute Gasteiger partial charge is 0.270 e. The Labute approximate surface area is 176 Å². The van der Waals surface area contributed by atoms with Gasteiger partial charge >= 0.3 is 0 Å². The van der Waals surface area contributed by atoms with Crippen molar-refractivity contribution in [1.82, 2.24) is 0 Å². The van der Waals surface area contributed by atoms with Gasteiger partial charge in [-0.1, -0.05) is 41.7 Å². The highest BCUT2D eigenvalue weighted by Gasteiger charge is 2.33. The third-order valence-corrected chi connectivity index (χ3v) is 5.65. The maximum absolute atomic E-state index is 12.8. The van der Waals surface area contributed by atoms with Crippen LogP contribution in [0.25, 0.3) is 17.4 Å². The fraction of sp³-hybridized carbons (Fsp3) is 0.0476. The van der Waals surface area contributed by atoms with Crippen molar-refractivity contribution in [3.05, 3.63) is 87.0 Å². The monoisotopic (exact) mass is 422 g/mol. The Morgan fingerprint density at radius 3 is 2.41 bits per heavy atom. The van der Waals surface area contributed by atoms with E-state index in [0.29, 0.717) is 26.3 Å². The zero-order valence-electron chi connectivity index (χ0n) is 15.2. The number of hydrogen-bond donors (Lipinski definition) is 0. The van der Waals surface area contributed by atoms with E-state index in [0.717, 1.165) is 11.3 Å². The molecule has 0 radical (unpaired) electrons. The normalized spacial score (nSPS) is 15.3. The molecule has 2 heterocycles. The molecule has 0 unspecified atom stereocenters. The van der Waals surface area contributed by atoms with E-state index in [9.17, 15) is 14.9 Å². The lowest BCUT2D eigenvalue weighted by Crippen LogP contribution is -2.27. The molecule has 1 fully saturated rings. The lowest BCUT2D eigenvalue weighted by atomic mass is 10.1. The molecule has 0 atom stereocenters. The average molecular weight is 422 g/mol. The lowest BCUT2D eigenvalue weighted by Gasteiger charge is -2.14. The quantitative estimate of drug-likeness (QED) is 0.237. The fourth-order valence-electron chi connectivity index (χ4n) is 2.85. The molecule has 0 spiro atoms. The Hall–Kier alpha value is -3.23. The topological polar surface area (TPSA) is 76.6 Å². The molecule has 0 saturated carbocycles. The Morgan fingerprint density at radius 2 is 1.76 bits per heavy atom. The molecule has 1 aliphatic rings. The summed E-state index contributed by atoms with van der Waals surface area (Å²) in [5.41, 5.74) is 2.55. The third kappa shape index (κ3) is 3.85. The van der Waals surface area contributed by atoms with Crippen molar-refractivity contribution >= 4 is 51.7 Å². The maximum Gasteiger partial charge on any atom is 0.270 e. The molecule has 0 N–H and O–H groups in total. The van der Waals surface area contributed by atoms with E-state index in [1.54, 1.807) is 30.3 Å². The van der Waals surface area contributed by atoms with Gasteiger partial charge < -0.3 is 4.42 Å². The van der Waals surface area contributed by atoms with Crippen LogP contribution in [-0.4, -0.2) is 15.2 Å². The molecule has 1 aliphatic heterocycles. The zero-order chi connectivity index (χ0) is 20.5. The van der Waals surface area contributed by atoms with E-state index >= 15 is 0 Å². The molecular formula is C21H14N2O4S2. The molecule has 1 aromatic heterocycles. The van der Waals surface area contributed by atoms with Gasteiger partial charge in [-0.15, -0.1) is 0 Å². The molecule has 6 nitrogen and oxygen atoms in total. The van der Waals surface area contributed by atoms with Crippen LogP contribution in [0.3, 0.4) is 0 Å². The van der Waals surface area contributed by atoms with E-state index in [4.69, 9.17) is 16.6 Å². The number of aryl methyl sites for hydroxylation is 1. The van der Waals surface area contributed by atoms with Gasteiger partial charge in [0.1, 0.15) is 11.5 Å². The number of nitro groups is 1. The second-order valence-corrected chi connectivity index (χ2v) is 8.03. The van der Waals surface area contributed by atoms with Gasteiger partial charge in [-0.05, 0) is 43.3 Å². The van der Waals surface area contributed by atoms with Gasteiger partial charge in [0.25, 0.3) is 11.6 Å². The molecule has 1 saturated heterocycles. The van der Waals surface area contributed by atoms with E-state index in [1.807, 2.05) is 31.2 Å². The number of rotatable bonds is 4. The van der Waals surface area contributed by atoms with Crippen molar-refractivity contribution in [2.45, 2.75) is 6.92 Å². The first-order chi connectivity index (χ1) is 13.9. The standard InChI is InChI=1S/C21H14N2O4S2/c1-13-2-6-15(7-3-13)22-20(24)19(29-21(22)28)12-17-10-11-18(27-17)14-4-8-16(9-5-14)23(25)26/h2-12H,1H3/b19-12-. The van der Waals surface area contributed by atoms with Crippen molar-refractivity contribution < 1.29 is 14.1 Å². The number of non-ortho nitro benzene ring substituents is 1. The van der Waals surface area contributed by atoms with Gasteiger partial charge in [-0.25, -0.2) is 0 Å². The molecule has 144 valence electrons. The predicted octanol–water partition coefficient (Wildman–Crippen LogP) is 5.57. The van der Waals surface area contributed by atoms with Crippen LogP contribution in [0.5, 0.6) is 0 Å². The minimum atomic E-state index is -0.451. The number of hydrogen-bond acceptors (Lipinski definition) is 6. The second-order valence-electron chi connectivity index (χ2n) is 6.36.